The average Bonchev–Trinajstić information content (AvgIpc) is 2.40. The number of ether oxygens (including phenoxy) is 1. The van der Waals surface area contributed by atoms with Crippen molar-refractivity contribution >= 4 is 29.7 Å². The van der Waals surface area contributed by atoms with Gasteiger partial charge < -0.3 is 4.74 Å². The van der Waals surface area contributed by atoms with Crippen LogP contribution in [0.25, 0.3) is 0 Å². The molecule has 0 saturated heterocycles. The first-order valence-corrected chi connectivity index (χ1v) is 3.80. The van der Waals surface area contributed by atoms with E-state index >= 15 is 0 Å². The van der Waals surface area contributed by atoms with Crippen LogP contribution in [0.15, 0.2) is 17.5 Å². The Hall–Kier alpha value is -0.540. The van der Waals surface area contributed by atoms with Gasteiger partial charge in [-0.2, -0.15) is 0 Å². The zero-order valence-electron chi connectivity index (χ0n) is 6.07. The first kappa shape index (κ1) is 10.5. The van der Waals surface area contributed by atoms with Crippen LogP contribution in [-0.4, -0.2) is 13.1 Å². The third-order valence-corrected chi connectivity index (χ3v) is 2.00. The maximum atomic E-state index is 10.7. The van der Waals surface area contributed by atoms with Crippen LogP contribution in [0.1, 0.15) is 4.88 Å². The van der Waals surface area contributed by atoms with Gasteiger partial charge in [-0.25, -0.2) is 0 Å². The maximum absolute atomic E-state index is 10.7. The Balaban J connectivity index is 0.000001000. The monoisotopic (exact) mass is 192 g/mol. The molecule has 0 spiro atoms. The summed E-state index contributed by atoms with van der Waals surface area (Å²) in [5.41, 5.74) is 0. The van der Waals surface area contributed by atoms with E-state index in [1.54, 1.807) is 11.3 Å². The van der Waals surface area contributed by atoms with E-state index in [9.17, 15) is 4.79 Å². The number of methoxy groups -OCH3 is 1. The Kier molecular flexibility index (Phi) is 4.90. The highest BCUT2D eigenvalue weighted by molar-refractivity contribution is 7.10. The quantitative estimate of drug-likeness (QED) is 0.669. The molecule has 0 aromatic carbocycles. The van der Waals surface area contributed by atoms with Crippen LogP contribution in [-0.2, 0) is 16.0 Å². The second kappa shape index (κ2) is 5.16. The van der Waals surface area contributed by atoms with Gasteiger partial charge in [0.15, 0.2) is 0 Å². The van der Waals surface area contributed by atoms with E-state index in [1.807, 2.05) is 17.5 Å². The highest BCUT2D eigenvalue weighted by Crippen LogP contribution is 2.08. The van der Waals surface area contributed by atoms with E-state index in [2.05, 4.69) is 4.74 Å². The molecule has 4 heteroatoms. The number of thiophene rings is 1. The van der Waals surface area contributed by atoms with Gasteiger partial charge in [0.05, 0.1) is 13.5 Å². The van der Waals surface area contributed by atoms with Gasteiger partial charge in [0.25, 0.3) is 0 Å². The predicted molar refractivity (Wildman–Crippen MR) is 47.3 cm³/mol. The van der Waals surface area contributed by atoms with Crippen LogP contribution in [0.4, 0.5) is 0 Å². The molecule has 1 aromatic heterocycles. The summed E-state index contributed by atoms with van der Waals surface area (Å²) in [5, 5.41) is 1.94. The van der Waals surface area contributed by atoms with Crippen molar-refractivity contribution in [2.24, 2.45) is 0 Å². The van der Waals surface area contributed by atoms with E-state index in [0.29, 0.717) is 6.42 Å². The smallest absolute Gasteiger partial charge is 0.310 e. The van der Waals surface area contributed by atoms with E-state index in [1.165, 1.54) is 7.11 Å². The highest BCUT2D eigenvalue weighted by atomic mass is 35.5. The number of carbonyl (C=O) groups excluding carboxylic acids is 1. The molecular weight excluding hydrogens is 184 g/mol. The highest BCUT2D eigenvalue weighted by Gasteiger charge is 2.01. The lowest BCUT2D eigenvalue weighted by Crippen LogP contribution is -2.02. The van der Waals surface area contributed by atoms with Gasteiger partial charge in [0.1, 0.15) is 0 Å². The summed E-state index contributed by atoms with van der Waals surface area (Å²) in [6.45, 7) is 0. The van der Waals surface area contributed by atoms with Crippen molar-refractivity contribution in [1.29, 1.82) is 0 Å². The molecule has 0 aliphatic rings. The van der Waals surface area contributed by atoms with Gasteiger partial charge in [-0.15, -0.1) is 23.7 Å². The molecule has 2 nitrogen and oxygen atoms in total. The first-order chi connectivity index (χ1) is 4.83. The number of hydrogen-bond donors (Lipinski definition) is 0. The van der Waals surface area contributed by atoms with E-state index < -0.39 is 0 Å². The number of hydrogen-bond acceptors (Lipinski definition) is 3. The van der Waals surface area contributed by atoms with Crippen molar-refractivity contribution < 1.29 is 9.53 Å². The molecule has 0 unspecified atom stereocenters. The Morgan fingerprint density at radius 2 is 2.45 bits per heavy atom. The summed E-state index contributed by atoms with van der Waals surface area (Å²) >= 11 is 1.57. The van der Waals surface area contributed by atoms with Crippen molar-refractivity contribution in [3.63, 3.8) is 0 Å². The number of halogens is 1. The average molecular weight is 193 g/mol. The van der Waals surface area contributed by atoms with Crippen LogP contribution in [0.5, 0.6) is 0 Å². The molecule has 0 N–H and O–H groups in total. The van der Waals surface area contributed by atoms with Crippen LogP contribution in [0, 0.1) is 0 Å². The molecular formula is C7H9ClO2S. The van der Waals surface area contributed by atoms with Gasteiger partial charge in [0, 0.05) is 4.88 Å². The normalized spacial score (nSPS) is 8.45. The van der Waals surface area contributed by atoms with Gasteiger partial charge in [-0.3, -0.25) is 4.79 Å². The van der Waals surface area contributed by atoms with Gasteiger partial charge in [-0.1, -0.05) is 6.07 Å². The summed E-state index contributed by atoms with van der Waals surface area (Å²) in [7, 11) is 1.40. The molecule has 0 bridgehead atoms. The minimum absolute atomic E-state index is 0. The summed E-state index contributed by atoms with van der Waals surface area (Å²) in [6.07, 6.45) is 0.397. The molecule has 1 aromatic rings. The summed E-state index contributed by atoms with van der Waals surface area (Å²) < 4.78 is 4.49. The lowest BCUT2D eigenvalue weighted by atomic mass is 10.3. The SMILES string of the molecule is COC(=O)Cc1cccs1.Cl. The fourth-order valence-electron chi connectivity index (χ4n) is 0.628. The largest absolute Gasteiger partial charge is 0.469 e. The van der Waals surface area contributed by atoms with Crippen LogP contribution >= 0.6 is 23.7 Å². The molecule has 1 heterocycles. The number of rotatable bonds is 2. The van der Waals surface area contributed by atoms with Crippen molar-refractivity contribution in [2.45, 2.75) is 6.42 Å². The first-order valence-electron chi connectivity index (χ1n) is 2.92. The van der Waals surface area contributed by atoms with Crippen molar-refractivity contribution in [3.05, 3.63) is 22.4 Å². The van der Waals surface area contributed by atoms with Crippen molar-refractivity contribution in [2.75, 3.05) is 7.11 Å². The fraction of sp³-hybridized carbons (Fsp3) is 0.286. The molecule has 0 atom stereocenters. The van der Waals surface area contributed by atoms with Gasteiger partial charge in [0.2, 0.25) is 0 Å². The van der Waals surface area contributed by atoms with E-state index in [0.717, 1.165) is 4.88 Å². The van der Waals surface area contributed by atoms with E-state index in [-0.39, 0.29) is 18.4 Å². The second-order valence-corrected chi connectivity index (χ2v) is 2.86. The molecule has 0 amide bonds. The van der Waals surface area contributed by atoms with Crippen LogP contribution in [0.3, 0.4) is 0 Å². The summed E-state index contributed by atoms with van der Waals surface area (Å²) in [5.74, 6) is -0.178. The molecule has 0 aliphatic carbocycles. The fourth-order valence-corrected chi connectivity index (χ4v) is 1.32. The minimum atomic E-state index is -0.178. The molecule has 62 valence electrons. The zero-order valence-corrected chi connectivity index (χ0v) is 7.71. The minimum Gasteiger partial charge on any atom is -0.469 e. The van der Waals surface area contributed by atoms with Crippen LogP contribution < -0.4 is 0 Å². The van der Waals surface area contributed by atoms with Gasteiger partial charge in [-0.05, 0) is 11.4 Å². The predicted octanol–water partition coefficient (Wildman–Crippen LogP) is 1.89. The summed E-state index contributed by atoms with van der Waals surface area (Å²) in [4.78, 5) is 11.7. The zero-order chi connectivity index (χ0) is 7.40. The number of esters is 1. The standard InChI is InChI=1S/C7H8O2S.ClH/c1-9-7(8)5-6-3-2-4-10-6;/h2-4H,5H2,1H3;1H. The topological polar surface area (TPSA) is 26.3 Å². The molecule has 1 rings (SSSR count). The second-order valence-electron chi connectivity index (χ2n) is 1.83. The third-order valence-electron chi connectivity index (χ3n) is 1.13. The Labute approximate surface area is 75.6 Å². The van der Waals surface area contributed by atoms with Crippen LogP contribution in [0.2, 0.25) is 0 Å². The molecule has 0 fully saturated rings. The van der Waals surface area contributed by atoms with Gasteiger partial charge >= 0.3 is 5.97 Å². The molecule has 11 heavy (non-hydrogen) atoms. The lowest BCUT2D eigenvalue weighted by Gasteiger charge is -1.93. The Bertz CT molecular complexity index is 208. The Morgan fingerprint density at radius 3 is 2.91 bits per heavy atom. The Morgan fingerprint density at radius 1 is 1.73 bits per heavy atom. The lowest BCUT2D eigenvalue weighted by molar-refractivity contribution is -0.139. The summed E-state index contributed by atoms with van der Waals surface area (Å²) in [6, 6.07) is 3.84. The maximum Gasteiger partial charge on any atom is 0.310 e. The molecule has 0 radical (unpaired) electrons. The number of carbonyl (C=O) groups is 1. The third kappa shape index (κ3) is 3.39. The van der Waals surface area contributed by atoms with E-state index in [4.69, 9.17) is 0 Å². The molecule has 0 saturated carbocycles. The van der Waals surface area contributed by atoms with Crippen molar-refractivity contribution in [1.82, 2.24) is 0 Å². The van der Waals surface area contributed by atoms with Crippen molar-refractivity contribution in [3.8, 4) is 0 Å². The molecule has 0 aliphatic heterocycles.